The Bertz CT molecular complexity index is 1130. The van der Waals surface area contributed by atoms with Crippen LogP contribution in [0.2, 0.25) is 0 Å². The first-order valence-electron chi connectivity index (χ1n) is 11.1. The summed E-state index contributed by atoms with van der Waals surface area (Å²) >= 11 is 0. The number of hydrogen-bond donors (Lipinski definition) is 1. The van der Waals surface area contributed by atoms with Crippen LogP contribution in [0, 0.1) is 0 Å². The van der Waals surface area contributed by atoms with E-state index in [1.807, 2.05) is 60.9 Å². The number of pyridine rings is 2. The van der Waals surface area contributed by atoms with Crippen LogP contribution in [0.1, 0.15) is 30.1 Å². The molecular weight excluding hydrogens is 396 g/mol. The van der Waals surface area contributed by atoms with E-state index in [2.05, 4.69) is 32.3 Å². The number of para-hydroxylation sites is 1. The molecule has 32 heavy (non-hydrogen) atoms. The van der Waals surface area contributed by atoms with Crippen LogP contribution in [-0.2, 0) is 6.54 Å². The number of nitrogens with one attached hydrogen (secondary N) is 1. The third-order valence-corrected chi connectivity index (χ3v) is 5.79. The van der Waals surface area contributed by atoms with E-state index in [9.17, 15) is 0 Å². The number of hydrogen-bond acceptors (Lipinski definition) is 6. The molecule has 0 aliphatic carbocycles. The van der Waals surface area contributed by atoms with E-state index in [0.29, 0.717) is 5.92 Å². The van der Waals surface area contributed by atoms with E-state index in [4.69, 9.17) is 9.97 Å². The van der Waals surface area contributed by atoms with Gasteiger partial charge < -0.3 is 5.32 Å². The highest BCUT2D eigenvalue weighted by atomic mass is 15.1. The van der Waals surface area contributed by atoms with Crippen LogP contribution >= 0.6 is 0 Å². The zero-order valence-corrected chi connectivity index (χ0v) is 17.9. The number of likely N-dealkylation sites (tertiary alicyclic amines) is 1. The predicted molar refractivity (Wildman–Crippen MR) is 126 cm³/mol. The van der Waals surface area contributed by atoms with Crippen LogP contribution in [0.25, 0.3) is 11.3 Å². The lowest BCUT2D eigenvalue weighted by Gasteiger charge is -2.32. The molecule has 0 unspecified atom stereocenters. The van der Waals surface area contributed by atoms with Gasteiger partial charge in [0.1, 0.15) is 11.6 Å². The summed E-state index contributed by atoms with van der Waals surface area (Å²) in [6, 6.07) is 20.3. The lowest BCUT2D eigenvalue weighted by molar-refractivity contribution is 0.196. The second-order valence-electron chi connectivity index (χ2n) is 8.15. The highest BCUT2D eigenvalue weighted by Crippen LogP contribution is 2.29. The first kappa shape index (κ1) is 20.3. The van der Waals surface area contributed by atoms with E-state index in [-0.39, 0.29) is 0 Å². The molecule has 0 radical (unpaired) electrons. The molecule has 0 amide bonds. The average molecular weight is 423 g/mol. The van der Waals surface area contributed by atoms with E-state index in [1.54, 1.807) is 12.4 Å². The molecule has 1 aliphatic rings. The van der Waals surface area contributed by atoms with E-state index in [1.165, 1.54) is 5.56 Å². The number of nitrogens with zero attached hydrogens (tertiary/aromatic N) is 5. The van der Waals surface area contributed by atoms with Gasteiger partial charge in [0, 0.05) is 61.1 Å². The summed E-state index contributed by atoms with van der Waals surface area (Å²) in [7, 11) is 0. The van der Waals surface area contributed by atoms with Crippen molar-refractivity contribution >= 4 is 11.5 Å². The summed E-state index contributed by atoms with van der Waals surface area (Å²) in [6.07, 6.45) is 9.56. The van der Waals surface area contributed by atoms with E-state index < -0.39 is 0 Å². The minimum Gasteiger partial charge on any atom is -0.340 e. The Morgan fingerprint density at radius 3 is 2.41 bits per heavy atom. The summed E-state index contributed by atoms with van der Waals surface area (Å²) in [4.78, 5) is 20.7. The Morgan fingerprint density at radius 1 is 0.875 bits per heavy atom. The fourth-order valence-corrected chi connectivity index (χ4v) is 4.21. The highest BCUT2D eigenvalue weighted by molar-refractivity contribution is 5.65. The van der Waals surface area contributed by atoms with Crippen molar-refractivity contribution in [3.63, 3.8) is 0 Å². The molecule has 6 heteroatoms. The number of rotatable bonds is 6. The molecule has 4 heterocycles. The largest absolute Gasteiger partial charge is 0.340 e. The van der Waals surface area contributed by atoms with Gasteiger partial charge in [-0.25, -0.2) is 9.97 Å². The zero-order chi connectivity index (χ0) is 21.6. The average Bonchev–Trinajstić information content (AvgIpc) is 2.86. The Morgan fingerprint density at radius 2 is 1.62 bits per heavy atom. The van der Waals surface area contributed by atoms with Gasteiger partial charge in [0.25, 0.3) is 0 Å². The number of anilines is 2. The van der Waals surface area contributed by atoms with Crippen LogP contribution in [0.15, 0.2) is 85.5 Å². The molecule has 1 fully saturated rings. The molecule has 5 rings (SSSR count). The quantitative estimate of drug-likeness (QED) is 0.469. The predicted octanol–water partition coefficient (Wildman–Crippen LogP) is 5.06. The minimum atomic E-state index is 0.295. The first-order valence-corrected chi connectivity index (χ1v) is 11.1. The second-order valence-corrected chi connectivity index (χ2v) is 8.15. The molecule has 1 N–H and O–H groups in total. The Balaban J connectivity index is 1.43. The van der Waals surface area contributed by atoms with Gasteiger partial charge in [0.2, 0.25) is 0 Å². The maximum absolute atomic E-state index is 4.99. The van der Waals surface area contributed by atoms with Crippen molar-refractivity contribution in [2.45, 2.75) is 25.3 Å². The maximum atomic E-state index is 4.99. The molecule has 160 valence electrons. The van der Waals surface area contributed by atoms with Crippen LogP contribution in [0.5, 0.6) is 0 Å². The molecule has 1 aromatic carbocycles. The second kappa shape index (κ2) is 9.66. The van der Waals surface area contributed by atoms with Crippen LogP contribution in [0.3, 0.4) is 0 Å². The van der Waals surface area contributed by atoms with Crippen molar-refractivity contribution in [1.82, 2.24) is 24.8 Å². The fourth-order valence-electron chi connectivity index (χ4n) is 4.21. The van der Waals surface area contributed by atoms with E-state index >= 15 is 0 Å². The molecule has 0 saturated carbocycles. The fraction of sp³-hybridized carbons (Fsp3) is 0.231. The van der Waals surface area contributed by atoms with Crippen LogP contribution in [0.4, 0.5) is 11.5 Å². The molecule has 4 aromatic rings. The van der Waals surface area contributed by atoms with Crippen LogP contribution < -0.4 is 5.32 Å². The summed E-state index contributed by atoms with van der Waals surface area (Å²) < 4.78 is 0. The number of benzene rings is 1. The maximum Gasteiger partial charge on any atom is 0.135 e. The van der Waals surface area contributed by atoms with Gasteiger partial charge in [-0.3, -0.25) is 14.9 Å². The van der Waals surface area contributed by atoms with Crippen molar-refractivity contribution in [3.05, 3.63) is 96.8 Å². The summed E-state index contributed by atoms with van der Waals surface area (Å²) in [5, 5.41) is 3.46. The summed E-state index contributed by atoms with van der Waals surface area (Å²) in [6.45, 7) is 2.98. The van der Waals surface area contributed by atoms with Gasteiger partial charge in [-0.15, -0.1) is 0 Å². The smallest absolute Gasteiger partial charge is 0.135 e. The highest BCUT2D eigenvalue weighted by Gasteiger charge is 2.24. The first-order chi connectivity index (χ1) is 15.8. The number of aromatic nitrogens is 4. The SMILES string of the molecule is c1ccc(Nc2cc(-c3ccncc3)nc([C@H]3CCCN(Cc4ccncc4)C3)n2)cc1. The lowest BCUT2D eigenvalue weighted by atomic mass is 9.96. The Hall–Kier alpha value is -3.64. The van der Waals surface area contributed by atoms with Crippen molar-refractivity contribution < 1.29 is 0 Å². The van der Waals surface area contributed by atoms with Crippen molar-refractivity contribution in [2.24, 2.45) is 0 Å². The molecule has 6 nitrogen and oxygen atoms in total. The Kier molecular flexibility index (Phi) is 6.12. The standard InChI is InChI=1S/C26H26N6/c1-2-6-23(7-3-1)29-25-17-24(21-10-14-28-15-11-21)30-26(31-25)22-5-4-16-32(19-22)18-20-8-12-27-13-9-20/h1-3,6-15,17,22H,4-5,16,18-19H2,(H,29,30,31)/t22-/m0/s1. The third-order valence-electron chi connectivity index (χ3n) is 5.79. The Labute approximate surface area is 188 Å². The minimum absolute atomic E-state index is 0.295. The normalized spacial score (nSPS) is 16.6. The number of piperidine rings is 1. The van der Waals surface area contributed by atoms with Crippen molar-refractivity contribution in [2.75, 3.05) is 18.4 Å². The third kappa shape index (κ3) is 4.98. The molecule has 3 aromatic heterocycles. The molecule has 0 bridgehead atoms. The molecular formula is C26H26N6. The molecule has 1 aliphatic heterocycles. The van der Waals surface area contributed by atoms with Gasteiger partial charge in [-0.1, -0.05) is 18.2 Å². The topological polar surface area (TPSA) is 66.8 Å². The van der Waals surface area contributed by atoms with Crippen molar-refractivity contribution in [1.29, 1.82) is 0 Å². The van der Waals surface area contributed by atoms with Gasteiger partial charge in [-0.05, 0) is 61.3 Å². The lowest BCUT2D eigenvalue weighted by Crippen LogP contribution is -2.34. The van der Waals surface area contributed by atoms with Gasteiger partial charge in [0.05, 0.1) is 5.69 Å². The molecule has 0 spiro atoms. The summed E-state index contributed by atoms with van der Waals surface area (Å²) in [5.74, 6) is 2.01. The van der Waals surface area contributed by atoms with Gasteiger partial charge >= 0.3 is 0 Å². The summed E-state index contributed by atoms with van der Waals surface area (Å²) in [5.41, 5.74) is 4.27. The monoisotopic (exact) mass is 422 g/mol. The van der Waals surface area contributed by atoms with Gasteiger partial charge in [0.15, 0.2) is 0 Å². The molecule has 1 atom stereocenters. The molecule has 1 saturated heterocycles. The van der Waals surface area contributed by atoms with Gasteiger partial charge in [-0.2, -0.15) is 0 Å². The van der Waals surface area contributed by atoms with E-state index in [0.717, 1.165) is 61.1 Å². The van der Waals surface area contributed by atoms with Crippen LogP contribution in [-0.4, -0.2) is 37.9 Å². The van der Waals surface area contributed by atoms with Crippen molar-refractivity contribution in [3.8, 4) is 11.3 Å². The zero-order valence-electron chi connectivity index (χ0n) is 17.9.